The van der Waals surface area contributed by atoms with Gasteiger partial charge < -0.3 is 20.1 Å². The lowest BCUT2D eigenvalue weighted by molar-refractivity contribution is -0.141. The maximum Gasteiger partial charge on any atom is 0.326 e. The van der Waals surface area contributed by atoms with E-state index in [9.17, 15) is 14.4 Å². The molecule has 0 spiro atoms. The Balaban J connectivity index is 2.22. The lowest BCUT2D eigenvalue weighted by atomic mass is 10.2. The Morgan fingerprint density at radius 1 is 1.29 bits per heavy atom. The molecular formula is C13H22N2O5S. The Morgan fingerprint density at radius 2 is 1.95 bits per heavy atom. The molecule has 0 bridgehead atoms. The molecule has 21 heavy (non-hydrogen) atoms. The van der Waals surface area contributed by atoms with Gasteiger partial charge in [-0.15, -0.1) is 11.8 Å². The summed E-state index contributed by atoms with van der Waals surface area (Å²) < 4.78 is 5.16. The van der Waals surface area contributed by atoms with E-state index in [0.717, 1.165) is 0 Å². The predicted octanol–water partition coefficient (Wildman–Crippen LogP) is -0.0521. The number of carboxylic acid groups (broad SMARTS) is 1. The molecule has 1 heterocycles. The van der Waals surface area contributed by atoms with Gasteiger partial charge in [0, 0.05) is 13.1 Å². The number of hydrogen-bond donors (Lipinski definition) is 2. The van der Waals surface area contributed by atoms with E-state index < -0.39 is 12.0 Å². The van der Waals surface area contributed by atoms with Gasteiger partial charge in [-0.2, -0.15) is 0 Å². The van der Waals surface area contributed by atoms with Crippen LogP contribution in [0.15, 0.2) is 0 Å². The summed E-state index contributed by atoms with van der Waals surface area (Å²) in [5.74, 6) is -1.09. The Labute approximate surface area is 128 Å². The highest BCUT2D eigenvalue weighted by Gasteiger charge is 2.20. The summed E-state index contributed by atoms with van der Waals surface area (Å²) in [6, 6.07) is -0.849. The first-order valence-corrected chi connectivity index (χ1v) is 8.15. The molecule has 0 saturated carbocycles. The van der Waals surface area contributed by atoms with Crippen LogP contribution < -0.4 is 5.32 Å². The van der Waals surface area contributed by atoms with Crippen LogP contribution in [0.4, 0.5) is 0 Å². The van der Waals surface area contributed by atoms with Crippen molar-refractivity contribution < 1.29 is 24.2 Å². The van der Waals surface area contributed by atoms with Gasteiger partial charge in [-0.25, -0.2) is 4.79 Å². The van der Waals surface area contributed by atoms with Crippen molar-refractivity contribution in [3.05, 3.63) is 0 Å². The summed E-state index contributed by atoms with van der Waals surface area (Å²) in [6.07, 6.45) is 1.08. The third-order valence-corrected chi connectivity index (χ3v) is 3.95. The van der Waals surface area contributed by atoms with Crippen LogP contribution in [-0.2, 0) is 19.1 Å². The van der Waals surface area contributed by atoms with Crippen LogP contribution in [0.5, 0.6) is 0 Å². The molecule has 2 N–H and O–H groups in total. The third kappa shape index (κ3) is 6.81. The van der Waals surface area contributed by atoms with Gasteiger partial charge in [0.2, 0.25) is 11.8 Å². The number of hydrogen-bond acceptors (Lipinski definition) is 5. The van der Waals surface area contributed by atoms with Gasteiger partial charge in [0.1, 0.15) is 6.04 Å². The molecule has 0 unspecified atom stereocenters. The van der Waals surface area contributed by atoms with Crippen LogP contribution >= 0.6 is 11.8 Å². The van der Waals surface area contributed by atoms with Crippen LogP contribution in [0.2, 0.25) is 0 Å². The van der Waals surface area contributed by atoms with Crippen LogP contribution in [0, 0.1) is 0 Å². The van der Waals surface area contributed by atoms with E-state index >= 15 is 0 Å². The molecule has 0 aromatic carbocycles. The fourth-order valence-corrected chi connectivity index (χ4v) is 2.65. The van der Waals surface area contributed by atoms with E-state index in [1.54, 1.807) is 4.90 Å². The van der Waals surface area contributed by atoms with Crippen molar-refractivity contribution in [1.82, 2.24) is 10.2 Å². The second kappa shape index (κ2) is 9.62. The normalized spacial score (nSPS) is 16.3. The molecule has 1 saturated heterocycles. The first-order chi connectivity index (χ1) is 10.0. The highest BCUT2D eigenvalue weighted by Crippen LogP contribution is 2.06. The number of morpholine rings is 1. The standard InChI is InChI=1S/C13H22N2O5S/c1-2-3-10(13(18)19)14-11(16)8-21-9-12(17)15-4-6-20-7-5-15/h10H,2-9H2,1H3,(H,14,16)(H,18,19)/t10-/m1/s1. The molecule has 0 aromatic heterocycles. The average Bonchev–Trinajstić information content (AvgIpc) is 2.47. The molecule has 8 heteroatoms. The fourth-order valence-electron chi connectivity index (χ4n) is 1.92. The number of nitrogens with zero attached hydrogens (tertiary/aromatic N) is 1. The lowest BCUT2D eigenvalue weighted by Crippen LogP contribution is -2.43. The monoisotopic (exact) mass is 318 g/mol. The molecule has 2 amide bonds. The Bertz CT molecular complexity index is 372. The van der Waals surface area contributed by atoms with E-state index in [1.807, 2.05) is 6.92 Å². The average molecular weight is 318 g/mol. The summed E-state index contributed by atoms with van der Waals surface area (Å²) in [5.41, 5.74) is 0. The van der Waals surface area contributed by atoms with Crippen LogP contribution in [0.3, 0.4) is 0 Å². The number of ether oxygens (including phenoxy) is 1. The number of thioether (sulfide) groups is 1. The minimum absolute atomic E-state index is 0.0144. The van der Waals surface area contributed by atoms with Crippen molar-refractivity contribution in [1.29, 1.82) is 0 Å². The zero-order valence-electron chi connectivity index (χ0n) is 12.2. The molecule has 7 nitrogen and oxygen atoms in total. The smallest absolute Gasteiger partial charge is 0.326 e. The Kier molecular flexibility index (Phi) is 8.14. The maximum absolute atomic E-state index is 11.8. The van der Waals surface area contributed by atoms with Crippen molar-refractivity contribution in [2.75, 3.05) is 37.8 Å². The first kappa shape index (κ1) is 17.8. The molecule has 120 valence electrons. The van der Waals surface area contributed by atoms with E-state index in [4.69, 9.17) is 9.84 Å². The molecule has 0 radical (unpaired) electrons. The lowest BCUT2D eigenvalue weighted by Gasteiger charge is -2.26. The van der Waals surface area contributed by atoms with E-state index in [0.29, 0.717) is 39.1 Å². The molecular weight excluding hydrogens is 296 g/mol. The van der Waals surface area contributed by atoms with Gasteiger partial charge in [-0.05, 0) is 6.42 Å². The molecule has 1 fully saturated rings. The summed E-state index contributed by atoms with van der Waals surface area (Å²) in [4.78, 5) is 36.1. The largest absolute Gasteiger partial charge is 0.480 e. The summed E-state index contributed by atoms with van der Waals surface area (Å²) in [7, 11) is 0. The highest BCUT2D eigenvalue weighted by atomic mass is 32.2. The van der Waals surface area contributed by atoms with Crippen molar-refractivity contribution in [3.8, 4) is 0 Å². The second-order valence-corrected chi connectivity index (χ2v) is 5.72. The van der Waals surface area contributed by atoms with E-state index in [-0.39, 0.29) is 23.3 Å². The number of carbonyl (C=O) groups is 3. The number of carbonyl (C=O) groups excluding carboxylic acids is 2. The maximum atomic E-state index is 11.8. The quantitative estimate of drug-likeness (QED) is 0.651. The molecule has 1 aliphatic heterocycles. The molecule has 1 aliphatic rings. The van der Waals surface area contributed by atoms with Gasteiger partial charge >= 0.3 is 5.97 Å². The van der Waals surface area contributed by atoms with Crippen molar-refractivity contribution in [3.63, 3.8) is 0 Å². The summed E-state index contributed by atoms with van der Waals surface area (Å²) in [6.45, 7) is 4.13. The Morgan fingerprint density at radius 3 is 2.52 bits per heavy atom. The van der Waals surface area contributed by atoms with Crippen LogP contribution in [0.1, 0.15) is 19.8 Å². The van der Waals surface area contributed by atoms with E-state index in [2.05, 4.69) is 5.32 Å². The van der Waals surface area contributed by atoms with Gasteiger partial charge in [-0.3, -0.25) is 9.59 Å². The predicted molar refractivity (Wildman–Crippen MR) is 79.2 cm³/mol. The van der Waals surface area contributed by atoms with Crippen molar-refractivity contribution in [2.24, 2.45) is 0 Å². The van der Waals surface area contributed by atoms with Gasteiger partial charge in [0.05, 0.1) is 24.7 Å². The van der Waals surface area contributed by atoms with Crippen LogP contribution in [0.25, 0.3) is 0 Å². The molecule has 0 aliphatic carbocycles. The molecule has 1 rings (SSSR count). The number of aliphatic carboxylic acids is 1. The number of amides is 2. The summed E-state index contributed by atoms with van der Waals surface area (Å²) in [5, 5.41) is 11.4. The first-order valence-electron chi connectivity index (χ1n) is 7.00. The van der Waals surface area contributed by atoms with Gasteiger partial charge in [-0.1, -0.05) is 13.3 Å². The minimum atomic E-state index is -1.03. The third-order valence-electron chi connectivity index (χ3n) is 3.03. The van der Waals surface area contributed by atoms with Crippen molar-refractivity contribution >= 4 is 29.5 Å². The SMILES string of the molecule is CCC[C@@H](NC(=O)CSCC(=O)N1CCOCC1)C(=O)O. The minimum Gasteiger partial charge on any atom is -0.480 e. The van der Waals surface area contributed by atoms with Crippen LogP contribution in [-0.4, -0.2) is 71.6 Å². The summed E-state index contributed by atoms with van der Waals surface area (Å²) >= 11 is 1.20. The van der Waals surface area contributed by atoms with E-state index in [1.165, 1.54) is 11.8 Å². The Hall–Kier alpha value is -1.28. The number of carboxylic acids is 1. The van der Waals surface area contributed by atoms with Gasteiger partial charge in [0.15, 0.2) is 0 Å². The number of rotatable bonds is 8. The van der Waals surface area contributed by atoms with Gasteiger partial charge in [0.25, 0.3) is 0 Å². The fraction of sp³-hybridized carbons (Fsp3) is 0.769. The molecule has 1 atom stereocenters. The zero-order chi connectivity index (χ0) is 15.7. The topological polar surface area (TPSA) is 95.9 Å². The number of nitrogens with one attached hydrogen (secondary N) is 1. The zero-order valence-corrected chi connectivity index (χ0v) is 13.0. The highest BCUT2D eigenvalue weighted by molar-refractivity contribution is 8.00. The van der Waals surface area contributed by atoms with Crippen molar-refractivity contribution in [2.45, 2.75) is 25.8 Å². The second-order valence-electron chi connectivity index (χ2n) is 4.73. The molecule has 0 aromatic rings.